The topological polar surface area (TPSA) is 0 Å². The van der Waals surface area contributed by atoms with E-state index in [0.717, 1.165) is 11.8 Å². The van der Waals surface area contributed by atoms with E-state index in [9.17, 15) is 0 Å². The van der Waals surface area contributed by atoms with Crippen LogP contribution in [0.5, 0.6) is 0 Å². The SMILES string of the molecule is [CH-]1CC2CCC1C2.[CH-]=C.[U+2]. The molecule has 0 aromatic carbocycles. The van der Waals surface area contributed by atoms with E-state index in [1.54, 1.807) is 0 Å². The maximum atomic E-state index is 4.25. The molecule has 54 valence electrons. The molecule has 2 aliphatic rings. The van der Waals surface area contributed by atoms with E-state index < -0.39 is 0 Å². The standard InChI is InChI=1S/C7H11.C2H3.U/c1-2-7-4-3-6(1)5-7;1-2;/h1,6-7H,2-5H2;1H,2H2;/q2*-1;+2. The van der Waals surface area contributed by atoms with Crippen molar-refractivity contribution in [3.05, 3.63) is 19.6 Å². The van der Waals surface area contributed by atoms with Crippen LogP contribution in [0.3, 0.4) is 0 Å². The first kappa shape index (κ1) is 10.8. The van der Waals surface area contributed by atoms with Crippen molar-refractivity contribution in [2.24, 2.45) is 11.8 Å². The molecule has 0 aromatic rings. The van der Waals surface area contributed by atoms with Gasteiger partial charge in [-0.1, -0.05) is 25.2 Å². The Hall–Kier alpha value is 0.792. The van der Waals surface area contributed by atoms with E-state index in [0.29, 0.717) is 0 Å². The first-order valence-electron chi connectivity index (χ1n) is 3.69. The molecule has 10 heavy (non-hydrogen) atoms. The molecule has 2 saturated carbocycles. The molecule has 1 heteroatoms. The number of hydrogen-bond acceptors (Lipinski definition) is 0. The fourth-order valence-corrected chi connectivity index (χ4v) is 1.93. The van der Waals surface area contributed by atoms with Gasteiger partial charge in [0.2, 0.25) is 0 Å². The van der Waals surface area contributed by atoms with Gasteiger partial charge in [0.25, 0.3) is 0 Å². The summed E-state index contributed by atoms with van der Waals surface area (Å²) in [4.78, 5) is 0. The molecule has 2 atom stereocenters. The average molecular weight is 360 g/mol. The Kier molecular flexibility index (Phi) is 5.87. The van der Waals surface area contributed by atoms with E-state index in [4.69, 9.17) is 0 Å². The van der Waals surface area contributed by atoms with Crippen LogP contribution in [0.1, 0.15) is 25.7 Å². The Bertz CT molecular complexity index is 72.7. The maximum Gasteiger partial charge on any atom is 2.00 e. The average Bonchev–Trinajstić information content (AvgIpc) is 2.53. The van der Waals surface area contributed by atoms with Crippen LogP contribution in [-0.2, 0) is 0 Å². The van der Waals surface area contributed by atoms with Crippen LogP contribution in [0.15, 0.2) is 6.58 Å². The quantitative estimate of drug-likeness (QED) is 0.583. The molecule has 2 fully saturated rings. The van der Waals surface area contributed by atoms with Gasteiger partial charge in [0, 0.05) is 0 Å². The van der Waals surface area contributed by atoms with E-state index >= 15 is 0 Å². The second-order valence-electron chi connectivity index (χ2n) is 2.91. The summed E-state index contributed by atoms with van der Waals surface area (Å²) in [7, 11) is 0. The van der Waals surface area contributed by atoms with Crippen molar-refractivity contribution in [3.63, 3.8) is 0 Å². The molecular formula is C9H14U. The normalized spacial score (nSPS) is 34.0. The van der Waals surface area contributed by atoms with Crippen molar-refractivity contribution in [2.75, 3.05) is 0 Å². The zero-order valence-corrected chi connectivity index (χ0v) is 10.5. The molecule has 2 aliphatic carbocycles. The zero-order valence-electron chi connectivity index (χ0n) is 6.34. The van der Waals surface area contributed by atoms with Crippen LogP contribution in [0.2, 0.25) is 0 Å². The van der Waals surface area contributed by atoms with Crippen molar-refractivity contribution in [3.8, 4) is 0 Å². The zero-order chi connectivity index (χ0) is 6.69. The van der Waals surface area contributed by atoms with E-state index in [1.165, 1.54) is 25.7 Å². The Labute approximate surface area is 87.8 Å². The Balaban J connectivity index is 0.000000251. The number of fused-ring (bicyclic) bond motifs is 2. The fraction of sp³-hybridized carbons (Fsp3) is 0.667. The van der Waals surface area contributed by atoms with Crippen molar-refractivity contribution < 1.29 is 31.1 Å². The molecule has 0 nitrogen and oxygen atoms in total. The van der Waals surface area contributed by atoms with Gasteiger partial charge in [0.05, 0.1) is 0 Å². The monoisotopic (exact) mass is 360 g/mol. The van der Waals surface area contributed by atoms with Gasteiger partial charge < -0.3 is 13.0 Å². The van der Waals surface area contributed by atoms with Crippen molar-refractivity contribution in [1.82, 2.24) is 0 Å². The Morgan fingerprint density at radius 3 is 2.10 bits per heavy atom. The predicted molar refractivity (Wildman–Crippen MR) is 39.7 cm³/mol. The van der Waals surface area contributed by atoms with Crippen LogP contribution in [-0.4, -0.2) is 0 Å². The molecule has 0 N–H and O–H groups in total. The second kappa shape index (κ2) is 5.44. The summed E-state index contributed by atoms with van der Waals surface area (Å²) in [6.45, 7) is 7.00. The van der Waals surface area contributed by atoms with Gasteiger partial charge in [-0.25, -0.2) is 0 Å². The summed E-state index contributed by atoms with van der Waals surface area (Å²) in [6.07, 6.45) is 8.50. The molecule has 2 bridgehead atoms. The van der Waals surface area contributed by atoms with Gasteiger partial charge in [-0.05, 0) is 0 Å². The predicted octanol–water partition coefficient (Wildman–Crippen LogP) is 2.62. The van der Waals surface area contributed by atoms with Crippen LogP contribution < -0.4 is 0 Å². The van der Waals surface area contributed by atoms with E-state index in [1.807, 2.05) is 0 Å². The van der Waals surface area contributed by atoms with E-state index in [-0.39, 0.29) is 31.1 Å². The molecule has 0 aliphatic heterocycles. The molecule has 0 spiro atoms. The Morgan fingerprint density at radius 2 is 2.00 bits per heavy atom. The van der Waals surface area contributed by atoms with Crippen LogP contribution >= 0.6 is 0 Å². The number of hydrogen-bond donors (Lipinski definition) is 0. The van der Waals surface area contributed by atoms with Crippen molar-refractivity contribution in [1.29, 1.82) is 0 Å². The Morgan fingerprint density at radius 1 is 1.30 bits per heavy atom. The van der Waals surface area contributed by atoms with Crippen LogP contribution in [0, 0.1) is 55.9 Å². The van der Waals surface area contributed by atoms with Gasteiger partial charge in [-0.3, -0.25) is 6.58 Å². The molecule has 0 aromatic heterocycles. The molecule has 0 amide bonds. The van der Waals surface area contributed by atoms with Gasteiger partial charge >= 0.3 is 31.1 Å². The minimum Gasteiger partial charge on any atom is -0.521 e. The van der Waals surface area contributed by atoms with E-state index in [2.05, 4.69) is 19.6 Å². The van der Waals surface area contributed by atoms with Crippen molar-refractivity contribution >= 4 is 0 Å². The van der Waals surface area contributed by atoms with Gasteiger partial charge in [-0.15, -0.1) is 0 Å². The maximum absolute atomic E-state index is 4.25. The van der Waals surface area contributed by atoms with Crippen LogP contribution in [0.25, 0.3) is 0 Å². The summed E-state index contributed by atoms with van der Waals surface area (Å²) in [5, 5.41) is 0. The largest absolute Gasteiger partial charge is 2.00 e. The molecule has 0 saturated heterocycles. The minimum absolute atomic E-state index is 0. The number of rotatable bonds is 0. The first-order chi connectivity index (χ1) is 4.45. The van der Waals surface area contributed by atoms with Crippen LogP contribution in [0.4, 0.5) is 0 Å². The molecule has 2 rings (SSSR count). The summed E-state index contributed by atoms with van der Waals surface area (Å²) >= 11 is 0. The summed E-state index contributed by atoms with van der Waals surface area (Å²) in [5.74, 6) is 2.16. The molecule has 2 unspecified atom stereocenters. The molecular weight excluding hydrogens is 346 g/mol. The first-order valence-corrected chi connectivity index (χ1v) is 3.69. The third-order valence-electron chi connectivity index (χ3n) is 2.38. The van der Waals surface area contributed by atoms with Crippen molar-refractivity contribution in [2.45, 2.75) is 25.7 Å². The molecule has 0 heterocycles. The smallest absolute Gasteiger partial charge is 0.521 e. The summed E-state index contributed by atoms with van der Waals surface area (Å²) < 4.78 is 0. The fourth-order valence-electron chi connectivity index (χ4n) is 1.93. The van der Waals surface area contributed by atoms with Gasteiger partial charge in [0.15, 0.2) is 0 Å². The third-order valence-corrected chi connectivity index (χ3v) is 2.38. The van der Waals surface area contributed by atoms with Gasteiger partial charge in [0.1, 0.15) is 0 Å². The summed E-state index contributed by atoms with van der Waals surface area (Å²) in [5.41, 5.74) is 0. The second-order valence-corrected chi connectivity index (χ2v) is 2.91. The minimum atomic E-state index is 0. The third kappa shape index (κ3) is 2.44. The van der Waals surface area contributed by atoms with Gasteiger partial charge in [-0.2, -0.15) is 12.3 Å². The molecule has 0 radical (unpaired) electrons. The summed E-state index contributed by atoms with van der Waals surface area (Å²) in [6, 6.07) is 0.